The van der Waals surface area contributed by atoms with Crippen LogP contribution in [0.5, 0.6) is 0 Å². The van der Waals surface area contributed by atoms with E-state index in [1.54, 1.807) is 4.90 Å². The molecule has 2 amide bonds. The van der Waals surface area contributed by atoms with E-state index in [4.69, 9.17) is 9.84 Å². The standard InChI is InChI=1S/C20H24N2O3/c23-13-12-22(19-10-11-19)20(24)21-18-8-6-17(7-9-18)15-25-14-16-4-2-1-3-5-16/h1-9,19,23H,10-15H2,(H,21,24). The monoisotopic (exact) mass is 340 g/mol. The van der Waals surface area contributed by atoms with Gasteiger partial charge in [-0.15, -0.1) is 0 Å². The summed E-state index contributed by atoms with van der Waals surface area (Å²) in [6.45, 7) is 1.47. The van der Waals surface area contributed by atoms with Gasteiger partial charge >= 0.3 is 6.03 Å². The van der Waals surface area contributed by atoms with Crippen LogP contribution in [-0.4, -0.2) is 35.2 Å². The maximum atomic E-state index is 12.3. The van der Waals surface area contributed by atoms with Gasteiger partial charge in [0.15, 0.2) is 0 Å². The highest BCUT2D eigenvalue weighted by atomic mass is 16.5. The molecule has 25 heavy (non-hydrogen) atoms. The zero-order valence-corrected chi connectivity index (χ0v) is 14.2. The van der Waals surface area contributed by atoms with Crippen LogP contribution in [0.4, 0.5) is 10.5 Å². The number of benzene rings is 2. The van der Waals surface area contributed by atoms with E-state index in [0.717, 1.165) is 29.7 Å². The third-order valence-electron chi connectivity index (χ3n) is 4.17. The summed E-state index contributed by atoms with van der Waals surface area (Å²) in [6, 6.07) is 17.8. The number of rotatable bonds is 8. The highest BCUT2D eigenvalue weighted by Gasteiger charge is 2.32. The van der Waals surface area contributed by atoms with Crippen LogP contribution < -0.4 is 5.32 Å². The molecule has 132 valence electrons. The Morgan fingerprint density at radius 1 is 1.04 bits per heavy atom. The first-order valence-corrected chi connectivity index (χ1v) is 8.65. The molecule has 1 aliphatic rings. The third kappa shape index (κ3) is 5.31. The quantitative estimate of drug-likeness (QED) is 0.774. The normalized spacial score (nSPS) is 13.5. The minimum Gasteiger partial charge on any atom is -0.395 e. The zero-order chi connectivity index (χ0) is 17.5. The van der Waals surface area contributed by atoms with E-state index in [-0.39, 0.29) is 18.7 Å². The van der Waals surface area contributed by atoms with Crippen molar-refractivity contribution < 1.29 is 14.6 Å². The fourth-order valence-corrected chi connectivity index (χ4v) is 2.68. The number of carbonyl (C=O) groups is 1. The molecule has 0 saturated heterocycles. The molecule has 3 rings (SSSR count). The van der Waals surface area contributed by atoms with Crippen molar-refractivity contribution in [3.63, 3.8) is 0 Å². The summed E-state index contributed by atoms with van der Waals surface area (Å²) >= 11 is 0. The Hall–Kier alpha value is -2.37. The average molecular weight is 340 g/mol. The number of nitrogens with zero attached hydrogens (tertiary/aromatic N) is 1. The number of anilines is 1. The highest BCUT2D eigenvalue weighted by Crippen LogP contribution is 2.27. The second-order valence-electron chi connectivity index (χ2n) is 6.25. The molecule has 0 atom stereocenters. The van der Waals surface area contributed by atoms with Crippen molar-refractivity contribution in [2.45, 2.75) is 32.1 Å². The minimum absolute atomic E-state index is 0.0123. The third-order valence-corrected chi connectivity index (χ3v) is 4.17. The Kier molecular flexibility index (Phi) is 6.04. The van der Waals surface area contributed by atoms with Gasteiger partial charge in [-0.3, -0.25) is 0 Å². The van der Waals surface area contributed by atoms with Gasteiger partial charge < -0.3 is 20.1 Å². The van der Waals surface area contributed by atoms with Crippen molar-refractivity contribution in [2.24, 2.45) is 0 Å². The Morgan fingerprint density at radius 2 is 1.68 bits per heavy atom. The van der Waals surface area contributed by atoms with Crippen molar-refractivity contribution in [3.05, 3.63) is 65.7 Å². The van der Waals surface area contributed by atoms with Crippen LogP contribution in [-0.2, 0) is 18.0 Å². The lowest BCUT2D eigenvalue weighted by Gasteiger charge is -2.21. The lowest BCUT2D eigenvalue weighted by molar-refractivity contribution is 0.107. The number of aliphatic hydroxyl groups excluding tert-OH is 1. The van der Waals surface area contributed by atoms with Crippen LogP contribution in [0, 0.1) is 0 Å². The summed E-state index contributed by atoms with van der Waals surface area (Å²) in [7, 11) is 0. The first-order valence-electron chi connectivity index (χ1n) is 8.65. The molecule has 0 spiro atoms. The molecule has 0 radical (unpaired) electrons. The van der Waals surface area contributed by atoms with Crippen molar-refractivity contribution in [2.75, 3.05) is 18.5 Å². The molecule has 1 saturated carbocycles. The number of hydrogen-bond acceptors (Lipinski definition) is 3. The van der Waals surface area contributed by atoms with E-state index in [2.05, 4.69) is 5.32 Å². The highest BCUT2D eigenvalue weighted by molar-refractivity contribution is 5.89. The first kappa shape index (κ1) is 17.5. The van der Waals surface area contributed by atoms with Crippen molar-refractivity contribution >= 4 is 11.7 Å². The summed E-state index contributed by atoms with van der Waals surface area (Å²) in [5, 5.41) is 12.0. The van der Waals surface area contributed by atoms with Gasteiger partial charge in [-0.2, -0.15) is 0 Å². The van der Waals surface area contributed by atoms with Gasteiger partial charge in [-0.1, -0.05) is 42.5 Å². The molecular formula is C20H24N2O3. The summed E-state index contributed by atoms with van der Waals surface area (Å²) in [6.07, 6.45) is 2.04. The van der Waals surface area contributed by atoms with Gasteiger partial charge in [0.05, 0.1) is 19.8 Å². The number of urea groups is 1. The van der Waals surface area contributed by atoms with Crippen LogP contribution in [0.1, 0.15) is 24.0 Å². The Morgan fingerprint density at radius 3 is 2.28 bits per heavy atom. The Labute approximate surface area is 148 Å². The van der Waals surface area contributed by atoms with Gasteiger partial charge in [0.25, 0.3) is 0 Å². The van der Waals surface area contributed by atoms with Crippen LogP contribution in [0.15, 0.2) is 54.6 Å². The fourth-order valence-electron chi connectivity index (χ4n) is 2.68. The summed E-state index contributed by atoms with van der Waals surface area (Å²) in [5.74, 6) is 0. The van der Waals surface area contributed by atoms with Crippen LogP contribution in [0.25, 0.3) is 0 Å². The summed E-state index contributed by atoms with van der Waals surface area (Å²) in [5.41, 5.74) is 2.96. The average Bonchev–Trinajstić information content (AvgIpc) is 3.47. The number of ether oxygens (including phenoxy) is 1. The molecule has 1 fully saturated rings. The lowest BCUT2D eigenvalue weighted by atomic mass is 10.2. The molecule has 2 N–H and O–H groups in total. The van der Waals surface area contributed by atoms with Gasteiger partial charge in [-0.05, 0) is 36.1 Å². The largest absolute Gasteiger partial charge is 0.395 e. The van der Waals surface area contributed by atoms with E-state index >= 15 is 0 Å². The van der Waals surface area contributed by atoms with Crippen molar-refractivity contribution in [1.82, 2.24) is 4.90 Å². The number of carbonyl (C=O) groups excluding carboxylic acids is 1. The predicted octanol–water partition coefficient (Wildman–Crippen LogP) is 3.39. The minimum atomic E-state index is -0.148. The summed E-state index contributed by atoms with van der Waals surface area (Å²) in [4.78, 5) is 14.0. The summed E-state index contributed by atoms with van der Waals surface area (Å²) < 4.78 is 5.71. The topological polar surface area (TPSA) is 61.8 Å². The van der Waals surface area contributed by atoms with Crippen molar-refractivity contribution in [3.8, 4) is 0 Å². The SMILES string of the molecule is O=C(Nc1ccc(COCc2ccccc2)cc1)N(CCO)C1CC1. The number of nitrogens with one attached hydrogen (secondary N) is 1. The van der Waals surface area contributed by atoms with E-state index in [9.17, 15) is 4.79 Å². The predicted molar refractivity (Wildman–Crippen MR) is 97.2 cm³/mol. The smallest absolute Gasteiger partial charge is 0.322 e. The number of hydrogen-bond donors (Lipinski definition) is 2. The molecule has 2 aromatic rings. The van der Waals surface area contributed by atoms with Gasteiger partial charge in [0, 0.05) is 18.3 Å². The molecule has 0 heterocycles. The second-order valence-corrected chi connectivity index (χ2v) is 6.25. The molecule has 2 aromatic carbocycles. The Balaban J connectivity index is 1.47. The van der Waals surface area contributed by atoms with Gasteiger partial charge in [-0.25, -0.2) is 4.79 Å². The maximum Gasteiger partial charge on any atom is 0.322 e. The van der Waals surface area contributed by atoms with E-state index in [0.29, 0.717) is 19.8 Å². The van der Waals surface area contributed by atoms with Crippen LogP contribution in [0.3, 0.4) is 0 Å². The fraction of sp³-hybridized carbons (Fsp3) is 0.350. The molecule has 5 heteroatoms. The maximum absolute atomic E-state index is 12.3. The van der Waals surface area contributed by atoms with E-state index in [1.165, 1.54) is 0 Å². The molecule has 0 aromatic heterocycles. The Bertz CT molecular complexity index is 669. The molecule has 0 bridgehead atoms. The number of aliphatic hydroxyl groups is 1. The molecule has 0 aliphatic heterocycles. The van der Waals surface area contributed by atoms with E-state index < -0.39 is 0 Å². The molecular weight excluding hydrogens is 316 g/mol. The molecule has 0 unspecified atom stereocenters. The van der Waals surface area contributed by atoms with Crippen LogP contribution in [0.2, 0.25) is 0 Å². The van der Waals surface area contributed by atoms with Gasteiger partial charge in [0.1, 0.15) is 0 Å². The zero-order valence-electron chi connectivity index (χ0n) is 14.2. The van der Waals surface area contributed by atoms with Crippen LogP contribution >= 0.6 is 0 Å². The van der Waals surface area contributed by atoms with Crippen molar-refractivity contribution in [1.29, 1.82) is 0 Å². The first-order chi connectivity index (χ1) is 12.3. The second kappa shape index (κ2) is 8.65. The molecule has 1 aliphatic carbocycles. The van der Waals surface area contributed by atoms with Gasteiger partial charge in [0.2, 0.25) is 0 Å². The number of amides is 2. The lowest BCUT2D eigenvalue weighted by Crippen LogP contribution is -2.38. The van der Waals surface area contributed by atoms with E-state index in [1.807, 2.05) is 54.6 Å². The molecule has 5 nitrogen and oxygen atoms in total.